The van der Waals surface area contributed by atoms with Crippen molar-refractivity contribution in [1.82, 2.24) is 29.4 Å². The summed E-state index contributed by atoms with van der Waals surface area (Å²) < 4.78 is 17.4. The minimum absolute atomic E-state index is 0.00311. The number of nitrogens with zero attached hydrogens (tertiary/aromatic N) is 7. The molecule has 1 amide bonds. The summed E-state index contributed by atoms with van der Waals surface area (Å²) in [4.78, 5) is 48.2. The van der Waals surface area contributed by atoms with Crippen LogP contribution in [0.4, 0.5) is 10.2 Å². The van der Waals surface area contributed by atoms with E-state index >= 15 is 4.39 Å². The molecular formula is C30H32FN7O2S. The highest BCUT2D eigenvalue weighted by molar-refractivity contribution is 7.98. The molecule has 0 aromatic carbocycles. The number of hydrogen-bond donors (Lipinski definition) is 0. The van der Waals surface area contributed by atoms with Crippen molar-refractivity contribution in [3.05, 3.63) is 76.9 Å². The molecule has 0 unspecified atom stereocenters. The zero-order chi connectivity index (χ0) is 29.4. The minimum atomic E-state index is -0.547. The molecule has 1 saturated heterocycles. The van der Waals surface area contributed by atoms with Gasteiger partial charge in [-0.1, -0.05) is 20.4 Å². The maximum absolute atomic E-state index is 16.0. The van der Waals surface area contributed by atoms with Crippen molar-refractivity contribution in [3.63, 3.8) is 0 Å². The number of fused-ring (bicyclic) bond motifs is 1. The lowest BCUT2D eigenvalue weighted by Gasteiger charge is -2.40. The van der Waals surface area contributed by atoms with Crippen molar-refractivity contribution in [1.29, 1.82) is 0 Å². The van der Waals surface area contributed by atoms with Gasteiger partial charge in [0.15, 0.2) is 5.65 Å². The molecule has 212 valence electrons. The van der Waals surface area contributed by atoms with Gasteiger partial charge in [0.2, 0.25) is 5.91 Å². The van der Waals surface area contributed by atoms with Gasteiger partial charge in [0.1, 0.15) is 22.4 Å². The van der Waals surface area contributed by atoms with Crippen LogP contribution in [0.3, 0.4) is 0 Å². The Morgan fingerprint density at radius 3 is 2.66 bits per heavy atom. The van der Waals surface area contributed by atoms with Gasteiger partial charge in [0, 0.05) is 43.6 Å². The number of rotatable bonds is 6. The van der Waals surface area contributed by atoms with Gasteiger partial charge in [0.25, 0.3) is 0 Å². The molecule has 1 fully saturated rings. The van der Waals surface area contributed by atoms with Crippen molar-refractivity contribution in [2.45, 2.75) is 44.7 Å². The summed E-state index contributed by atoms with van der Waals surface area (Å²) in [6.07, 6.45) is 6.53. The van der Waals surface area contributed by atoms with E-state index in [0.717, 1.165) is 5.56 Å². The monoisotopic (exact) mass is 573 g/mol. The average Bonchev–Trinajstić information content (AvgIpc) is 2.96. The number of aromatic nitrogens is 5. The third kappa shape index (κ3) is 5.10. The fourth-order valence-corrected chi connectivity index (χ4v) is 5.89. The lowest BCUT2D eigenvalue weighted by Crippen LogP contribution is -2.54. The number of carbonyl (C=O) groups excluding carboxylic acids is 1. The van der Waals surface area contributed by atoms with Crippen LogP contribution in [-0.4, -0.2) is 67.2 Å². The molecule has 9 nitrogen and oxygen atoms in total. The van der Waals surface area contributed by atoms with Crippen LogP contribution in [0.1, 0.15) is 37.9 Å². The molecule has 0 spiro atoms. The number of thioether (sulfide) groups is 1. The van der Waals surface area contributed by atoms with Crippen molar-refractivity contribution in [2.24, 2.45) is 0 Å². The summed E-state index contributed by atoms with van der Waals surface area (Å²) >= 11 is 1.39. The van der Waals surface area contributed by atoms with Crippen LogP contribution in [0.25, 0.3) is 28.0 Å². The Morgan fingerprint density at radius 1 is 1.20 bits per heavy atom. The summed E-state index contributed by atoms with van der Waals surface area (Å²) in [7, 11) is 0. The summed E-state index contributed by atoms with van der Waals surface area (Å²) in [6, 6.07) is 6.56. The minimum Gasteiger partial charge on any atom is -0.350 e. The van der Waals surface area contributed by atoms with E-state index in [4.69, 9.17) is 4.98 Å². The van der Waals surface area contributed by atoms with Crippen LogP contribution in [0, 0.1) is 12.7 Å². The highest BCUT2D eigenvalue weighted by atomic mass is 32.2. The zero-order valence-corrected chi connectivity index (χ0v) is 24.6. The molecule has 0 N–H and O–H groups in total. The molecule has 1 atom stereocenters. The molecule has 5 rings (SSSR count). The second-order valence-corrected chi connectivity index (χ2v) is 11.1. The second kappa shape index (κ2) is 11.4. The summed E-state index contributed by atoms with van der Waals surface area (Å²) in [5.74, 6) is -0.365. The number of carbonyl (C=O) groups is 1. The molecule has 5 heterocycles. The van der Waals surface area contributed by atoms with Crippen LogP contribution in [0.5, 0.6) is 0 Å². The third-order valence-corrected chi connectivity index (χ3v) is 8.04. The second-order valence-electron chi connectivity index (χ2n) is 10.4. The number of aryl methyl sites for hydroxylation is 1. The Morgan fingerprint density at radius 2 is 1.98 bits per heavy atom. The van der Waals surface area contributed by atoms with Gasteiger partial charge in [-0.25, -0.2) is 23.7 Å². The fraction of sp³-hybridized carbons (Fsp3) is 0.333. The van der Waals surface area contributed by atoms with Crippen molar-refractivity contribution in [3.8, 4) is 16.9 Å². The first kappa shape index (κ1) is 28.4. The first-order valence-corrected chi connectivity index (χ1v) is 14.6. The van der Waals surface area contributed by atoms with Crippen molar-refractivity contribution >= 4 is 34.5 Å². The SMILES string of the molecule is C=CC(=O)N1CCN(c2nc(=O)n(-c3c(C)ccnc3C(C)C)c3nc(-c4cccnc4SC)c(F)cc23)[C@@H](C)C1. The number of hydrogen-bond acceptors (Lipinski definition) is 8. The first-order valence-electron chi connectivity index (χ1n) is 13.4. The van der Waals surface area contributed by atoms with E-state index in [1.807, 2.05) is 44.9 Å². The number of halogens is 1. The third-order valence-electron chi connectivity index (χ3n) is 7.33. The van der Waals surface area contributed by atoms with Crippen molar-refractivity contribution in [2.75, 3.05) is 30.8 Å². The summed E-state index contributed by atoms with van der Waals surface area (Å²) in [6.45, 7) is 12.7. The smallest absolute Gasteiger partial charge is 0.350 e. The normalized spacial score (nSPS) is 15.5. The van der Waals surface area contributed by atoms with Gasteiger partial charge in [-0.05, 0) is 61.9 Å². The van der Waals surface area contributed by atoms with Crippen LogP contribution < -0.4 is 10.6 Å². The van der Waals surface area contributed by atoms with Gasteiger partial charge in [-0.3, -0.25) is 9.78 Å². The zero-order valence-electron chi connectivity index (χ0n) is 23.8. The molecule has 1 aliphatic rings. The van der Waals surface area contributed by atoms with Crippen LogP contribution in [0.2, 0.25) is 0 Å². The summed E-state index contributed by atoms with van der Waals surface area (Å²) in [5.41, 5.74) is 2.51. The van der Waals surface area contributed by atoms with Crippen molar-refractivity contribution < 1.29 is 9.18 Å². The Kier molecular flexibility index (Phi) is 7.90. The predicted octanol–water partition coefficient (Wildman–Crippen LogP) is 4.75. The molecule has 11 heteroatoms. The van der Waals surface area contributed by atoms with Gasteiger partial charge >= 0.3 is 5.69 Å². The number of anilines is 1. The molecule has 0 saturated carbocycles. The van der Waals surface area contributed by atoms with E-state index < -0.39 is 11.5 Å². The molecule has 0 aliphatic carbocycles. The molecule has 1 aliphatic heterocycles. The molecule has 41 heavy (non-hydrogen) atoms. The Bertz CT molecular complexity index is 1720. The lowest BCUT2D eigenvalue weighted by molar-refractivity contribution is -0.126. The maximum Gasteiger partial charge on any atom is 0.355 e. The quantitative estimate of drug-likeness (QED) is 0.241. The first-order chi connectivity index (χ1) is 19.7. The van der Waals surface area contributed by atoms with E-state index in [-0.39, 0.29) is 29.2 Å². The maximum atomic E-state index is 16.0. The standard InChI is InChI=1S/C30H32FN7O2S/c1-7-23(39)36-13-14-37(19(5)16-36)27-21-15-22(31)25(20-9-8-11-33-29(20)41-6)34-28(21)38(30(40)35-27)26-18(4)10-12-32-24(26)17(2)3/h7-12,15,17,19H,1,13-14,16H2,2-6H3/t19-/m0/s1. The van der Waals surface area contributed by atoms with Gasteiger partial charge < -0.3 is 9.80 Å². The van der Waals surface area contributed by atoms with Crippen LogP contribution in [0.15, 0.2) is 59.1 Å². The molecule has 4 aromatic heterocycles. The number of pyridine rings is 3. The highest BCUT2D eigenvalue weighted by Crippen LogP contribution is 2.35. The fourth-order valence-electron chi connectivity index (χ4n) is 5.34. The molecule has 4 aromatic rings. The van der Waals surface area contributed by atoms with Crippen LogP contribution in [-0.2, 0) is 4.79 Å². The molecule has 0 bridgehead atoms. The van der Waals surface area contributed by atoms with Gasteiger partial charge in [0.05, 0.1) is 16.8 Å². The number of piperazine rings is 1. The average molecular weight is 574 g/mol. The van der Waals surface area contributed by atoms with Gasteiger partial charge in [-0.2, -0.15) is 4.98 Å². The predicted molar refractivity (Wildman–Crippen MR) is 160 cm³/mol. The van der Waals surface area contributed by atoms with E-state index in [1.165, 1.54) is 28.5 Å². The number of amides is 1. The van der Waals surface area contributed by atoms with E-state index in [0.29, 0.717) is 52.8 Å². The van der Waals surface area contributed by atoms with E-state index in [2.05, 4.69) is 21.5 Å². The van der Waals surface area contributed by atoms with E-state index in [9.17, 15) is 9.59 Å². The lowest BCUT2D eigenvalue weighted by atomic mass is 10.0. The molecular weight excluding hydrogens is 541 g/mol. The Balaban J connectivity index is 1.82. The largest absolute Gasteiger partial charge is 0.355 e. The highest BCUT2D eigenvalue weighted by Gasteiger charge is 2.30. The topological polar surface area (TPSA) is 97.1 Å². The Hall–Kier alpha value is -4.12. The Labute approximate surface area is 242 Å². The molecule has 0 radical (unpaired) electrons. The summed E-state index contributed by atoms with van der Waals surface area (Å²) in [5, 5.41) is 1.02. The van der Waals surface area contributed by atoms with Gasteiger partial charge in [-0.15, -0.1) is 11.8 Å². The van der Waals surface area contributed by atoms with Crippen LogP contribution >= 0.6 is 11.8 Å². The van der Waals surface area contributed by atoms with E-state index in [1.54, 1.807) is 29.4 Å².